The van der Waals surface area contributed by atoms with Gasteiger partial charge in [-0.2, -0.15) is 5.10 Å². The number of hydrogen-bond donors (Lipinski definition) is 1. The number of nitrogens with one attached hydrogen (secondary N) is 1. The number of aromatic nitrogens is 2. The van der Waals surface area contributed by atoms with E-state index in [0.717, 1.165) is 36.7 Å². The Balaban J connectivity index is 1.74. The van der Waals surface area contributed by atoms with Gasteiger partial charge in [-0.25, -0.2) is 0 Å². The summed E-state index contributed by atoms with van der Waals surface area (Å²) in [6, 6.07) is 2.88. The van der Waals surface area contributed by atoms with Gasteiger partial charge >= 0.3 is 0 Å². The van der Waals surface area contributed by atoms with Crippen LogP contribution in [-0.2, 0) is 19.5 Å². The standard InChI is InChI=1S/C17H25N3O/c1-5-17-11(2)19-20(12(17)3)10-14-8-16(21-13(14)4)9-18-15-6-7-15/h8,15,18H,5-7,9-10H2,1-4H3. The molecule has 1 aliphatic carbocycles. The van der Waals surface area contributed by atoms with E-state index in [9.17, 15) is 0 Å². The molecule has 1 N–H and O–H groups in total. The number of hydrogen-bond acceptors (Lipinski definition) is 3. The maximum atomic E-state index is 5.86. The van der Waals surface area contributed by atoms with Crippen LogP contribution in [0.3, 0.4) is 0 Å². The molecule has 2 aromatic rings. The van der Waals surface area contributed by atoms with Crippen LogP contribution in [0.2, 0.25) is 0 Å². The van der Waals surface area contributed by atoms with Gasteiger partial charge in [-0.05, 0) is 51.7 Å². The van der Waals surface area contributed by atoms with Gasteiger partial charge < -0.3 is 9.73 Å². The average molecular weight is 287 g/mol. The van der Waals surface area contributed by atoms with E-state index in [0.29, 0.717) is 6.04 Å². The predicted molar refractivity (Wildman–Crippen MR) is 83.5 cm³/mol. The quantitative estimate of drug-likeness (QED) is 0.886. The Morgan fingerprint density at radius 2 is 2.10 bits per heavy atom. The highest BCUT2D eigenvalue weighted by Crippen LogP contribution is 2.22. The van der Waals surface area contributed by atoms with Crippen molar-refractivity contribution in [2.45, 2.75) is 66.1 Å². The summed E-state index contributed by atoms with van der Waals surface area (Å²) < 4.78 is 7.97. The van der Waals surface area contributed by atoms with Gasteiger partial charge in [0.15, 0.2) is 0 Å². The maximum Gasteiger partial charge on any atom is 0.118 e. The van der Waals surface area contributed by atoms with Crippen LogP contribution in [0.4, 0.5) is 0 Å². The van der Waals surface area contributed by atoms with Crippen molar-refractivity contribution in [3.63, 3.8) is 0 Å². The Kier molecular flexibility index (Phi) is 3.89. The molecule has 4 heteroatoms. The molecule has 0 aromatic carbocycles. The van der Waals surface area contributed by atoms with Gasteiger partial charge in [-0.1, -0.05) is 6.92 Å². The Bertz CT molecular complexity index is 635. The van der Waals surface area contributed by atoms with Crippen LogP contribution in [0.5, 0.6) is 0 Å². The summed E-state index contributed by atoms with van der Waals surface area (Å²) in [5, 5.41) is 8.17. The van der Waals surface area contributed by atoms with Crippen molar-refractivity contribution < 1.29 is 4.42 Å². The minimum atomic E-state index is 0.710. The minimum absolute atomic E-state index is 0.710. The van der Waals surface area contributed by atoms with E-state index in [1.165, 1.54) is 29.7 Å². The Morgan fingerprint density at radius 3 is 2.71 bits per heavy atom. The first-order chi connectivity index (χ1) is 10.1. The summed E-state index contributed by atoms with van der Waals surface area (Å²) in [4.78, 5) is 0. The smallest absolute Gasteiger partial charge is 0.118 e. The third-order valence-electron chi connectivity index (χ3n) is 4.42. The minimum Gasteiger partial charge on any atom is -0.465 e. The van der Waals surface area contributed by atoms with E-state index in [-0.39, 0.29) is 0 Å². The third kappa shape index (κ3) is 3.05. The fourth-order valence-corrected chi connectivity index (χ4v) is 2.93. The first-order valence-corrected chi connectivity index (χ1v) is 7.93. The molecule has 3 rings (SSSR count). The molecule has 1 saturated carbocycles. The second-order valence-corrected chi connectivity index (χ2v) is 6.11. The van der Waals surface area contributed by atoms with Crippen molar-refractivity contribution in [2.75, 3.05) is 0 Å². The summed E-state index contributed by atoms with van der Waals surface area (Å²) in [5.74, 6) is 2.04. The topological polar surface area (TPSA) is 43.0 Å². The molecule has 0 aliphatic heterocycles. The van der Waals surface area contributed by atoms with Crippen molar-refractivity contribution in [3.8, 4) is 0 Å². The molecule has 0 spiro atoms. The van der Waals surface area contributed by atoms with E-state index in [1.807, 2.05) is 6.92 Å². The van der Waals surface area contributed by atoms with Crippen LogP contribution in [0.1, 0.15) is 53.8 Å². The molecule has 2 heterocycles. The van der Waals surface area contributed by atoms with Gasteiger partial charge in [-0.15, -0.1) is 0 Å². The summed E-state index contributed by atoms with van der Waals surface area (Å²) in [7, 11) is 0. The number of rotatable bonds is 6. The van der Waals surface area contributed by atoms with Crippen molar-refractivity contribution in [3.05, 3.63) is 40.1 Å². The lowest BCUT2D eigenvalue weighted by Gasteiger charge is -2.03. The van der Waals surface area contributed by atoms with E-state index in [1.54, 1.807) is 0 Å². The number of furan rings is 1. The molecule has 0 atom stereocenters. The molecule has 2 aromatic heterocycles. The lowest BCUT2D eigenvalue weighted by Crippen LogP contribution is -2.14. The Morgan fingerprint density at radius 1 is 1.33 bits per heavy atom. The molecule has 1 aliphatic rings. The largest absolute Gasteiger partial charge is 0.465 e. The van der Waals surface area contributed by atoms with Crippen molar-refractivity contribution in [1.82, 2.24) is 15.1 Å². The molecule has 1 fully saturated rings. The van der Waals surface area contributed by atoms with Crippen LogP contribution in [-0.4, -0.2) is 15.8 Å². The van der Waals surface area contributed by atoms with Gasteiger partial charge in [0, 0.05) is 17.3 Å². The van der Waals surface area contributed by atoms with Crippen LogP contribution in [0.15, 0.2) is 10.5 Å². The average Bonchev–Trinajstić information content (AvgIpc) is 3.15. The molecule has 0 bridgehead atoms. The van der Waals surface area contributed by atoms with Crippen LogP contribution in [0.25, 0.3) is 0 Å². The lowest BCUT2D eigenvalue weighted by atomic mass is 10.1. The highest BCUT2D eigenvalue weighted by atomic mass is 16.3. The van der Waals surface area contributed by atoms with Gasteiger partial charge in [-0.3, -0.25) is 4.68 Å². The van der Waals surface area contributed by atoms with Gasteiger partial charge in [0.1, 0.15) is 11.5 Å². The normalized spacial score (nSPS) is 14.9. The fourth-order valence-electron chi connectivity index (χ4n) is 2.93. The van der Waals surface area contributed by atoms with E-state index < -0.39 is 0 Å². The zero-order valence-electron chi connectivity index (χ0n) is 13.5. The Hall–Kier alpha value is -1.55. The Labute approximate surface area is 126 Å². The first-order valence-electron chi connectivity index (χ1n) is 7.93. The van der Waals surface area contributed by atoms with Crippen molar-refractivity contribution in [1.29, 1.82) is 0 Å². The summed E-state index contributed by atoms with van der Waals surface area (Å²) in [5.41, 5.74) is 5.02. The first kappa shape index (κ1) is 14.4. The van der Waals surface area contributed by atoms with Crippen molar-refractivity contribution in [2.24, 2.45) is 0 Å². The van der Waals surface area contributed by atoms with Crippen LogP contribution < -0.4 is 5.32 Å². The summed E-state index contributed by atoms with van der Waals surface area (Å²) in [6.07, 6.45) is 3.65. The zero-order valence-corrected chi connectivity index (χ0v) is 13.5. The van der Waals surface area contributed by atoms with Gasteiger partial charge in [0.25, 0.3) is 0 Å². The molecule has 0 saturated heterocycles. The van der Waals surface area contributed by atoms with E-state index in [4.69, 9.17) is 4.42 Å². The molecular formula is C17H25N3O. The van der Waals surface area contributed by atoms with E-state index >= 15 is 0 Å². The monoisotopic (exact) mass is 287 g/mol. The van der Waals surface area contributed by atoms with Crippen LogP contribution >= 0.6 is 0 Å². The summed E-state index contributed by atoms with van der Waals surface area (Å²) >= 11 is 0. The van der Waals surface area contributed by atoms with Crippen molar-refractivity contribution >= 4 is 0 Å². The molecular weight excluding hydrogens is 262 g/mol. The van der Waals surface area contributed by atoms with Gasteiger partial charge in [0.05, 0.1) is 18.8 Å². The van der Waals surface area contributed by atoms with Crippen LogP contribution in [0, 0.1) is 20.8 Å². The highest BCUT2D eigenvalue weighted by Gasteiger charge is 2.21. The maximum absolute atomic E-state index is 5.86. The second-order valence-electron chi connectivity index (χ2n) is 6.11. The zero-order chi connectivity index (χ0) is 15.0. The SMILES string of the molecule is CCc1c(C)nn(Cc2cc(CNC3CC3)oc2C)c1C. The number of nitrogens with zero attached hydrogens (tertiary/aromatic N) is 2. The predicted octanol–water partition coefficient (Wildman–Crippen LogP) is 3.26. The fraction of sp³-hybridized carbons (Fsp3) is 0.588. The molecule has 0 radical (unpaired) electrons. The number of aryl methyl sites for hydroxylation is 2. The molecule has 4 nitrogen and oxygen atoms in total. The lowest BCUT2D eigenvalue weighted by molar-refractivity contribution is 0.457. The third-order valence-corrected chi connectivity index (χ3v) is 4.42. The molecule has 0 unspecified atom stereocenters. The molecule has 114 valence electrons. The molecule has 0 amide bonds. The highest BCUT2D eigenvalue weighted by molar-refractivity contribution is 5.27. The van der Waals surface area contributed by atoms with Gasteiger partial charge in [0.2, 0.25) is 0 Å². The summed E-state index contributed by atoms with van der Waals surface area (Å²) in [6.45, 7) is 10.1. The molecule has 21 heavy (non-hydrogen) atoms. The van der Waals surface area contributed by atoms with E-state index in [2.05, 4.69) is 41.9 Å². The second kappa shape index (κ2) is 5.68.